The number of aliphatic hydroxyl groups is 6. The number of fused-ring (bicyclic) bond motifs is 10. The number of hydrogen-bond donors (Lipinski definition) is 6. The van der Waals surface area contributed by atoms with Crippen LogP contribution in [0.2, 0.25) is 0 Å². The first-order chi connectivity index (χ1) is 34.2. The molecule has 8 saturated carbocycles. The number of Topliss-reactive ketones (excluding diaryl/α,β-unsaturated/α-hetero) is 2. The van der Waals surface area contributed by atoms with Gasteiger partial charge in [0, 0.05) is 24.0 Å². The summed E-state index contributed by atoms with van der Waals surface area (Å²) >= 11 is 0. The lowest BCUT2D eigenvalue weighted by Crippen LogP contribution is -2.62. The molecular formula is C61H86O11. The Balaban J connectivity index is 0.676. The van der Waals surface area contributed by atoms with Gasteiger partial charge >= 0.3 is 6.16 Å². The first kappa shape index (κ1) is 52.3. The quantitative estimate of drug-likeness (QED) is 0.0674. The van der Waals surface area contributed by atoms with Crippen LogP contribution in [0, 0.1) is 92.7 Å². The van der Waals surface area contributed by atoms with Crippen LogP contribution < -0.4 is 9.47 Å². The third-order valence-electron chi connectivity index (χ3n) is 23.4. The predicted octanol–water partition coefficient (Wildman–Crippen LogP) is 10.4. The number of ketones is 2. The highest BCUT2D eigenvalue weighted by Crippen LogP contribution is 2.70. The van der Waals surface area contributed by atoms with E-state index in [0.29, 0.717) is 49.7 Å². The molecule has 11 nitrogen and oxygen atoms in total. The van der Waals surface area contributed by atoms with E-state index in [9.17, 15) is 45.0 Å². The maximum absolute atomic E-state index is 13.5. The predicted molar refractivity (Wildman–Crippen MR) is 273 cm³/mol. The second-order valence-corrected chi connectivity index (χ2v) is 26.4. The smallest absolute Gasteiger partial charge is 0.395 e. The van der Waals surface area contributed by atoms with Crippen molar-refractivity contribution in [3.05, 3.63) is 59.7 Å². The van der Waals surface area contributed by atoms with Gasteiger partial charge in [0.15, 0.2) is 11.6 Å². The highest BCUT2D eigenvalue weighted by atomic mass is 16.7. The third kappa shape index (κ3) is 8.85. The Kier molecular flexibility index (Phi) is 14.3. The van der Waals surface area contributed by atoms with Crippen LogP contribution in [0.3, 0.4) is 0 Å². The van der Waals surface area contributed by atoms with Gasteiger partial charge in [-0.15, -0.1) is 0 Å². The van der Waals surface area contributed by atoms with Crippen molar-refractivity contribution >= 4 is 17.7 Å². The van der Waals surface area contributed by atoms with Crippen LogP contribution in [0.4, 0.5) is 4.79 Å². The van der Waals surface area contributed by atoms with Crippen LogP contribution in [0.15, 0.2) is 48.5 Å². The molecule has 0 amide bonds. The van der Waals surface area contributed by atoms with Crippen molar-refractivity contribution in [2.24, 2.45) is 92.7 Å². The summed E-state index contributed by atoms with van der Waals surface area (Å²) in [7, 11) is 0. The first-order valence-corrected chi connectivity index (χ1v) is 28.4. The number of benzene rings is 2. The van der Waals surface area contributed by atoms with Crippen LogP contribution in [-0.2, 0) is 0 Å². The minimum atomic E-state index is -0.936. The molecule has 6 N–H and O–H groups in total. The molecule has 8 aliphatic rings. The third-order valence-corrected chi connectivity index (χ3v) is 23.4. The molecule has 0 heterocycles. The van der Waals surface area contributed by atoms with Crippen molar-refractivity contribution in [3.8, 4) is 11.5 Å². The molecule has 0 radical (unpaired) electrons. The fourth-order valence-corrected chi connectivity index (χ4v) is 19.3. The maximum Gasteiger partial charge on any atom is 0.519 e. The Morgan fingerprint density at radius 3 is 1.26 bits per heavy atom. The molecule has 22 unspecified atom stereocenters. The first-order valence-electron chi connectivity index (χ1n) is 28.4. The van der Waals surface area contributed by atoms with Crippen LogP contribution in [0.5, 0.6) is 11.5 Å². The van der Waals surface area contributed by atoms with Gasteiger partial charge in [-0.2, -0.15) is 0 Å². The van der Waals surface area contributed by atoms with Crippen molar-refractivity contribution in [1.29, 1.82) is 0 Å². The zero-order valence-electron chi connectivity index (χ0n) is 44.0. The van der Waals surface area contributed by atoms with Crippen molar-refractivity contribution < 1.29 is 54.5 Å². The minimum absolute atomic E-state index is 0.00239. The molecule has 396 valence electrons. The summed E-state index contributed by atoms with van der Waals surface area (Å²) in [4.78, 5) is 39.8. The number of aliphatic hydroxyl groups excluding tert-OH is 6. The van der Waals surface area contributed by atoms with Crippen LogP contribution in [0.25, 0.3) is 0 Å². The fourth-order valence-electron chi connectivity index (χ4n) is 19.3. The van der Waals surface area contributed by atoms with Crippen molar-refractivity contribution in [2.45, 2.75) is 194 Å². The van der Waals surface area contributed by atoms with E-state index in [1.165, 1.54) is 0 Å². The van der Waals surface area contributed by atoms with E-state index in [1.54, 1.807) is 48.5 Å². The van der Waals surface area contributed by atoms with E-state index in [2.05, 4.69) is 41.5 Å². The van der Waals surface area contributed by atoms with Crippen molar-refractivity contribution in [1.82, 2.24) is 0 Å². The zero-order valence-corrected chi connectivity index (χ0v) is 44.0. The summed E-state index contributed by atoms with van der Waals surface area (Å²) in [6.07, 6.45) is 10.5. The summed E-state index contributed by atoms with van der Waals surface area (Å²) in [5, 5.41) is 68.2. The summed E-state index contributed by atoms with van der Waals surface area (Å²) in [6.45, 7) is 13.6. The molecule has 0 spiro atoms. The number of hydrogen-bond acceptors (Lipinski definition) is 11. The number of ether oxygens (including phenoxy) is 2. The second kappa shape index (κ2) is 19.7. The van der Waals surface area contributed by atoms with E-state index in [0.717, 1.165) is 77.0 Å². The SMILES string of the molecule is CC(CCC(=O)c1ccc(OC(=O)Oc2ccc(C(=O)CCC(C)C3CCC4C5C(O)CC6CC(O)CCC6(C)C5CC(O)C34C)cc2)cc1)C1CCC2C3C(O)CC4CC(O)CCC4(C)C3CC(O)C12C. The highest BCUT2D eigenvalue weighted by molar-refractivity contribution is 5.96. The van der Waals surface area contributed by atoms with E-state index in [1.807, 2.05) is 0 Å². The molecule has 0 aromatic heterocycles. The molecular weight excluding hydrogens is 909 g/mol. The Hall–Kier alpha value is -3.19. The Labute approximate surface area is 428 Å². The number of carbonyl (C=O) groups is 3. The molecule has 0 saturated heterocycles. The number of carbonyl (C=O) groups excluding carboxylic acids is 3. The zero-order chi connectivity index (χ0) is 51.2. The molecule has 22 atom stereocenters. The molecule has 0 aliphatic heterocycles. The van der Waals surface area contributed by atoms with Gasteiger partial charge in [0.2, 0.25) is 0 Å². The van der Waals surface area contributed by atoms with E-state index < -0.39 is 30.6 Å². The van der Waals surface area contributed by atoms with E-state index >= 15 is 0 Å². The van der Waals surface area contributed by atoms with Crippen molar-refractivity contribution in [3.63, 3.8) is 0 Å². The largest absolute Gasteiger partial charge is 0.519 e. The average molecular weight is 995 g/mol. The number of rotatable bonds is 12. The summed E-state index contributed by atoms with van der Waals surface area (Å²) in [5.74, 6) is 3.19. The molecule has 2 aromatic rings. The molecule has 8 aliphatic carbocycles. The Morgan fingerprint density at radius 2 is 0.889 bits per heavy atom. The van der Waals surface area contributed by atoms with Crippen LogP contribution >= 0.6 is 0 Å². The van der Waals surface area contributed by atoms with Gasteiger partial charge in [0.25, 0.3) is 0 Å². The van der Waals surface area contributed by atoms with Gasteiger partial charge in [-0.25, -0.2) is 4.79 Å². The lowest BCUT2D eigenvalue weighted by Gasteiger charge is -2.63. The van der Waals surface area contributed by atoms with Gasteiger partial charge in [-0.1, -0.05) is 41.5 Å². The normalized spacial score (nSPS) is 44.9. The molecule has 8 fully saturated rings. The summed E-state index contributed by atoms with van der Waals surface area (Å²) < 4.78 is 10.9. The highest BCUT2D eigenvalue weighted by Gasteiger charge is 2.67. The van der Waals surface area contributed by atoms with E-state index in [4.69, 9.17) is 9.47 Å². The molecule has 11 heteroatoms. The minimum Gasteiger partial charge on any atom is -0.395 e. The lowest BCUT2D eigenvalue weighted by molar-refractivity contribution is -0.207. The van der Waals surface area contributed by atoms with Gasteiger partial charge in [-0.05, 0) is 244 Å². The van der Waals surface area contributed by atoms with Crippen molar-refractivity contribution in [2.75, 3.05) is 0 Å². The summed E-state index contributed by atoms with van der Waals surface area (Å²) in [5.41, 5.74) is 0.457. The molecule has 0 bridgehead atoms. The second-order valence-electron chi connectivity index (χ2n) is 26.4. The maximum atomic E-state index is 13.5. The summed E-state index contributed by atoms with van der Waals surface area (Å²) in [6, 6.07) is 13.0. The van der Waals surface area contributed by atoms with Gasteiger partial charge in [-0.3, -0.25) is 9.59 Å². The van der Waals surface area contributed by atoms with E-state index in [-0.39, 0.29) is 128 Å². The molecule has 10 rings (SSSR count). The topological polar surface area (TPSA) is 191 Å². The van der Waals surface area contributed by atoms with Gasteiger partial charge in [0.05, 0.1) is 36.6 Å². The Bertz CT molecular complexity index is 2140. The van der Waals surface area contributed by atoms with Gasteiger partial charge < -0.3 is 40.1 Å². The Morgan fingerprint density at radius 1 is 0.514 bits per heavy atom. The fraction of sp³-hybridized carbons (Fsp3) is 0.754. The van der Waals surface area contributed by atoms with Gasteiger partial charge in [0.1, 0.15) is 11.5 Å². The average Bonchev–Trinajstić information content (AvgIpc) is 3.90. The lowest BCUT2D eigenvalue weighted by atomic mass is 9.43. The molecule has 72 heavy (non-hydrogen) atoms. The monoisotopic (exact) mass is 995 g/mol. The van der Waals surface area contributed by atoms with Crippen LogP contribution in [-0.4, -0.2) is 85.0 Å². The standard InChI is InChI=1S/C61H86O11/c1-33(43-17-19-45-55-47(31-53(68)60(43,45)5)58(3)25-23-39(62)27-37(58)29-51(55)66)7-21-49(64)35-9-13-41(14-10-35)71-57(70)72-42-15-11-36(12-16-42)50(65)22-8-34(2)44-18-20-46-56-48(32-54(69)61(44,46)6)59(4)26-24-40(63)28-38(59)30-52(56)67/h9-16,33-34,37-40,43-48,51-56,62-63,66-69H,7-8,17-32H2,1-6H3. The van der Waals surface area contributed by atoms with Crippen LogP contribution in [0.1, 0.15) is 178 Å². The molecule has 2 aromatic carbocycles.